The standard InChI is InChI=1S/C22H23ClN2O4/c1-28-17-11-15(12-18(14-17)29-2)5-8-21(26)24-20-7-6-16(23)13-19(20)22(27)25-9-3-4-10-25/h5-8,11-14H,3-4,9-10H2,1-2H3,(H,24,26). The average Bonchev–Trinajstić information content (AvgIpc) is 3.27. The lowest BCUT2D eigenvalue weighted by molar-refractivity contribution is -0.111. The minimum atomic E-state index is -0.357. The van der Waals surface area contributed by atoms with Gasteiger partial charge >= 0.3 is 0 Å². The first-order chi connectivity index (χ1) is 14.0. The fraction of sp³-hybridized carbons (Fsp3) is 0.273. The number of likely N-dealkylation sites (tertiary alicyclic amines) is 1. The molecule has 1 aliphatic heterocycles. The summed E-state index contributed by atoms with van der Waals surface area (Å²) in [5, 5.41) is 3.22. The SMILES string of the molecule is COc1cc(C=CC(=O)Nc2ccc(Cl)cc2C(=O)N2CCCC2)cc(OC)c1. The number of hydrogen-bond acceptors (Lipinski definition) is 4. The molecule has 1 aliphatic rings. The predicted octanol–water partition coefficient (Wildman–Crippen LogP) is 4.25. The van der Waals surface area contributed by atoms with Crippen molar-refractivity contribution in [3.63, 3.8) is 0 Å². The zero-order valence-corrected chi connectivity index (χ0v) is 17.2. The van der Waals surface area contributed by atoms with Crippen LogP contribution in [-0.2, 0) is 4.79 Å². The van der Waals surface area contributed by atoms with Gasteiger partial charge in [-0.3, -0.25) is 9.59 Å². The molecule has 1 heterocycles. The largest absolute Gasteiger partial charge is 0.497 e. The molecule has 0 atom stereocenters. The fourth-order valence-corrected chi connectivity index (χ4v) is 3.34. The van der Waals surface area contributed by atoms with Gasteiger partial charge in [-0.05, 0) is 54.8 Å². The Balaban J connectivity index is 1.77. The van der Waals surface area contributed by atoms with Crippen LogP contribution in [-0.4, -0.2) is 44.0 Å². The second kappa shape index (κ2) is 9.47. The van der Waals surface area contributed by atoms with Crippen LogP contribution in [0.3, 0.4) is 0 Å². The monoisotopic (exact) mass is 414 g/mol. The van der Waals surface area contributed by atoms with E-state index in [1.807, 2.05) is 0 Å². The maximum atomic E-state index is 12.8. The summed E-state index contributed by atoms with van der Waals surface area (Å²) < 4.78 is 10.5. The van der Waals surface area contributed by atoms with Crippen LogP contribution in [0.1, 0.15) is 28.8 Å². The highest BCUT2D eigenvalue weighted by Gasteiger charge is 2.22. The van der Waals surface area contributed by atoms with E-state index < -0.39 is 0 Å². The number of benzene rings is 2. The molecule has 2 amide bonds. The second-order valence-corrected chi connectivity index (χ2v) is 7.09. The maximum absolute atomic E-state index is 12.8. The number of methoxy groups -OCH3 is 2. The first-order valence-corrected chi connectivity index (χ1v) is 9.69. The number of anilines is 1. The van der Waals surface area contributed by atoms with Crippen molar-refractivity contribution in [2.75, 3.05) is 32.6 Å². The third kappa shape index (κ3) is 5.29. The topological polar surface area (TPSA) is 67.9 Å². The summed E-state index contributed by atoms with van der Waals surface area (Å²) in [5.41, 5.74) is 1.58. The lowest BCUT2D eigenvalue weighted by Gasteiger charge is -2.18. The molecule has 7 heteroatoms. The number of nitrogens with one attached hydrogen (secondary N) is 1. The van der Waals surface area contributed by atoms with Gasteiger partial charge in [0.2, 0.25) is 5.91 Å². The molecule has 0 aromatic heterocycles. The molecular formula is C22H23ClN2O4. The molecule has 0 bridgehead atoms. The van der Waals surface area contributed by atoms with Crippen LogP contribution < -0.4 is 14.8 Å². The van der Waals surface area contributed by atoms with Gasteiger partial charge in [-0.2, -0.15) is 0 Å². The number of amides is 2. The number of hydrogen-bond donors (Lipinski definition) is 1. The van der Waals surface area contributed by atoms with Gasteiger partial charge in [-0.1, -0.05) is 11.6 Å². The summed E-state index contributed by atoms with van der Waals surface area (Å²) in [7, 11) is 3.13. The highest BCUT2D eigenvalue weighted by molar-refractivity contribution is 6.31. The molecule has 152 valence electrons. The van der Waals surface area contributed by atoms with E-state index in [-0.39, 0.29) is 11.8 Å². The average molecular weight is 415 g/mol. The van der Waals surface area contributed by atoms with Gasteiger partial charge in [0, 0.05) is 30.3 Å². The molecule has 0 saturated carbocycles. The van der Waals surface area contributed by atoms with Crippen molar-refractivity contribution < 1.29 is 19.1 Å². The summed E-state index contributed by atoms with van der Waals surface area (Å²) in [6, 6.07) is 10.2. The highest BCUT2D eigenvalue weighted by atomic mass is 35.5. The number of ether oxygens (including phenoxy) is 2. The Morgan fingerprint density at radius 2 is 1.69 bits per heavy atom. The van der Waals surface area contributed by atoms with Crippen molar-refractivity contribution >= 4 is 35.2 Å². The molecule has 3 rings (SSSR count). The Labute approximate surface area is 175 Å². The van der Waals surface area contributed by atoms with Gasteiger partial charge in [0.25, 0.3) is 5.91 Å². The van der Waals surface area contributed by atoms with Crippen LogP contribution in [0.2, 0.25) is 5.02 Å². The normalized spacial score (nSPS) is 13.6. The minimum absolute atomic E-state index is 0.123. The predicted molar refractivity (Wildman–Crippen MR) is 114 cm³/mol. The molecule has 2 aromatic rings. The first kappa shape index (κ1) is 20.7. The Kier molecular flexibility index (Phi) is 6.77. The molecule has 0 radical (unpaired) electrons. The van der Waals surface area contributed by atoms with E-state index >= 15 is 0 Å². The molecule has 0 aliphatic carbocycles. The third-order valence-corrected chi connectivity index (χ3v) is 4.90. The van der Waals surface area contributed by atoms with Crippen molar-refractivity contribution in [3.05, 3.63) is 58.6 Å². The van der Waals surface area contributed by atoms with Crippen molar-refractivity contribution in [2.45, 2.75) is 12.8 Å². The Morgan fingerprint density at radius 3 is 2.31 bits per heavy atom. The van der Waals surface area contributed by atoms with Crippen LogP contribution in [0, 0.1) is 0 Å². The molecule has 1 fully saturated rings. The van der Waals surface area contributed by atoms with Gasteiger partial charge in [0.05, 0.1) is 25.5 Å². The van der Waals surface area contributed by atoms with Crippen LogP contribution in [0.25, 0.3) is 6.08 Å². The van der Waals surface area contributed by atoms with Crippen molar-refractivity contribution in [1.29, 1.82) is 0 Å². The van der Waals surface area contributed by atoms with Gasteiger partial charge in [0.1, 0.15) is 11.5 Å². The summed E-state index contributed by atoms with van der Waals surface area (Å²) in [4.78, 5) is 27.0. The summed E-state index contributed by atoms with van der Waals surface area (Å²) in [5.74, 6) is 0.771. The number of halogens is 1. The summed E-state index contributed by atoms with van der Waals surface area (Å²) in [6.45, 7) is 1.44. The number of rotatable bonds is 6. The quantitative estimate of drug-likeness (QED) is 0.717. The van der Waals surface area contributed by atoms with E-state index in [4.69, 9.17) is 21.1 Å². The number of nitrogens with zero attached hydrogens (tertiary/aromatic N) is 1. The molecule has 29 heavy (non-hydrogen) atoms. The maximum Gasteiger partial charge on any atom is 0.256 e. The number of carbonyl (C=O) groups excluding carboxylic acids is 2. The van der Waals surface area contributed by atoms with Gasteiger partial charge in [-0.25, -0.2) is 0 Å². The van der Waals surface area contributed by atoms with Crippen LogP contribution >= 0.6 is 11.6 Å². The van der Waals surface area contributed by atoms with Gasteiger partial charge in [-0.15, -0.1) is 0 Å². The molecular weight excluding hydrogens is 392 g/mol. The van der Waals surface area contributed by atoms with Crippen LogP contribution in [0.4, 0.5) is 5.69 Å². The van der Waals surface area contributed by atoms with E-state index in [1.54, 1.807) is 61.6 Å². The Hall–Kier alpha value is -2.99. The second-order valence-electron chi connectivity index (χ2n) is 6.66. The molecule has 1 N–H and O–H groups in total. The first-order valence-electron chi connectivity index (χ1n) is 9.31. The molecule has 2 aromatic carbocycles. The van der Waals surface area contributed by atoms with Gasteiger partial charge in [0.15, 0.2) is 0 Å². The fourth-order valence-electron chi connectivity index (χ4n) is 3.16. The van der Waals surface area contributed by atoms with Crippen molar-refractivity contribution in [1.82, 2.24) is 4.90 Å². The van der Waals surface area contributed by atoms with Crippen LogP contribution in [0.15, 0.2) is 42.5 Å². The Morgan fingerprint density at radius 1 is 1.03 bits per heavy atom. The minimum Gasteiger partial charge on any atom is -0.497 e. The van der Waals surface area contributed by atoms with E-state index in [1.165, 1.54) is 6.08 Å². The summed E-state index contributed by atoms with van der Waals surface area (Å²) in [6.07, 6.45) is 5.02. The lowest BCUT2D eigenvalue weighted by Crippen LogP contribution is -2.28. The van der Waals surface area contributed by atoms with E-state index in [0.717, 1.165) is 31.5 Å². The molecule has 0 spiro atoms. The van der Waals surface area contributed by atoms with Gasteiger partial charge < -0.3 is 19.7 Å². The van der Waals surface area contributed by atoms with Crippen LogP contribution in [0.5, 0.6) is 11.5 Å². The third-order valence-electron chi connectivity index (χ3n) is 4.66. The van der Waals surface area contributed by atoms with E-state index in [2.05, 4.69) is 5.32 Å². The van der Waals surface area contributed by atoms with Crippen molar-refractivity contribution in [2.24, 2.45) is 0 Å². The summed E-state index contributed by atoms with van der Waals surface area (Å²) >= 11 is 6.08. The van der Waals surface area contributed by atoms with Crippen molar-refractivity contribution in [3.8, 4) is 11.5 Å². The molecule has 0 unspecified atom stereocenters. The zero-order chi connectivity index (χ0) is 20.8. The van der Waals surface area contributed by atoms with E-state index in [0.29, 0.717) is 27.8 Å². The molecule has 6 nitrogen and oxygen atoms in total. The number of carbonyl (C=O) groups is 2. The lowest BCUT2D eigenvalue weighted by atomic mass is 10.1. The highest BCUT2D eigenvalue weighted by Crippen LogP contribution is 2.25. The molecule has 1 saturated heterocycles. The van der Waals surface area contributed by atoms with E-state index in [9.17, 15) is 9.59 Å². The smallest absolute Gasteiger partial charge is 0.256 e. The zero-order valence-electron chi connectivity index (χ0n) is 16.4. The Bertz CT molecular complexity index is 914.